The molecule has 4 nitrogen and oxygen atoms in total. The summed E-state index contributed by atoms with van der Waals surface area (Å²) in [7, 11) is 0. The summed E-state index contributed by atoms with van der Waals surface area (Å²) in [6, 6.07) is 1.45. The molecule has 0 aromatic carbocycles. The van der Waals surface area contributed by atoms with Gasteiger partial charge in [-0.1, -0.05) is 0 Å². The number of pyridine rings is 1. The Hall–Kier alpha value is -1.29. The highest BCUT2D eigenvalue weighted by atomic mass is 35.5. The summed E-state index contributed by atoms with van der Waals surface area (Å²) in [4.78, 5) is 13.9. The summed E-state index contributed by atoms with van der Waals surface area (Å²) in [5.74, 6) is 0.322. The van der Waals surface area contributed by atoms with Crippen LogP contribution in [-0.2, 0) is 0 Å². The first-order valence-corrected chi connectivity index (χ1v) is 2.70. The lowest BCUT2D eigenvalue weighted by molar-refractivity contribution is 0.112. The summed E-state index contributed by atoms with van der Waals surface area (Å²) in [6.07, 6.45) is 1.99. The van der Waals surface area contributed by atoms with Gasteiger partial charge in [-0.05, 0) is 0 Å². The first-order valence-electron chi connectivity index (χ1n) is 2.70. The van der Waals surface area contributed by atoms with Gasteiger partial charge >= 0.3 is 0 Å². The maximum absolute atomic E-state index is 10.2. The lowest BCUT2D eigenvalue weighted by atomic mass is 10.2. The monoisotopic (exact) mass is 173 g/mol. The zero-order chi connectivity index (χ0) is 7.56. The van der Waals surface area contributed by atoms with Crippen LogP contribution in [-0.4, -0.2) is 11.3 Å². The lowest BCUT2D eigenvalue weighted by Crippen LogP contribution is -1.97. The number of nitrogens with two attached hydrogens (primary N) is 2. The highest BCUT2D eigenvalue weighted by Gasteiger charge is 1.96. The van der Waals surface area contributed by atoms with E-state index in [1.165, 1.54) is 12.3 Å². The van der Waals surface area contributed by atoms with Crippen LogP contribution in [0.3, 0.4) is 0 Å². The molecule has 0 atom stereocenters. The number of nitrogens with zero attached hydrogens (tertiary/aromatic N) is 1. The molecule has 0 saturated carbocycles. The van der Waals surface area contributed by atoms with E-state index in [0.717, 1.165) is 0 Å². The molecule has 0 spiro atoms. The zero-order valence-electron chi connectivity index (χ0n) is 5.65. The number of nitrogen functional groups attached to an aromatic ring is 2. The number of hydrogen-bond donors (Lipinski definition) is 2. The van der Waals surface area contributed by atoms with Gasteiger partial charge < -0.3 is 11.5 Å². The molecule has 0 aliphatic carbocycles. The van der Waals surface area contributed by atoms with Gasteiger partial charge in [-0.2, -0.15) is 0 Å². The molecule has 0 amide bonds. The van der Waals surface area contributed by atoms with Gasteiger partial charge in [-0.15, -0.1) is 12.4 Å². The Balaban J connectivity index is 0.000001000. The minimum absolute atomic E-state index is 0. The molecule has 0 aliphatic heterocycles. The number of aldehydes is 1. The maximum Gasteiger partial charge on any atom is 0.153 e. The fourth-order valence-corrected chi connectivity index (χ4v) is 0.597. The molecule has 1 aromatic heterocycles. The van der Waals surface area contributed by atoms with Gasteiger partial charge in [0.1, 0.15) is 5.82 Å². The predicted octanol–water partition coefficient (Wildman–Crippen LogP) is 0.480. The van der Waals surface area contributed by atoms with Gasteiger partial charge in [0.15, 0.2) is 6.29 Å². The molecule has 0 fully saturated rings. The summed E-state index contributed by atoms with van der Waals surface area (Å²) in [5.41, 5.74) is 11.4. The summed E-state index contributed by atoms with van der Waals surface area (Å²) in [5, 5.41) is 0. The number of carbonyl (C=O) groups excluding carboxylic acids is 1. The SMILES string of the molecule is Cl.Nc1cc(N)c(C=O)cn1. The van der Waals surface area contributed by atoms with Gasteiger partial charge in [0, 0.05) is 18.0 Å². The molecule has 5 heteroatoms. The normalized spacial score (nSPS) is 8.36. The fraction of sp³-hybridized carbons (Fsp3) is 0. The van der Waals surface area contributed by atoms with E-state index in [1.807, 2.05) is 0 Å². The Labute approximate surface area is 70.0 Å². The van der Waals surface area contributed by atoms with Crippen LogP contribution in [0.5, 0.6) is 0 Å². The van der Waals surface area contributed by atoms with E-state index in [-0.39, 0.29) is 12.4 Å². The zero-order valence-corrected chi connectivity index (χ0v) is 6.47. The number of anilines is 2. The number of rotatable bonds is 1. The molecule has 60 valence electrons. The molecular weight excluding hydrogens is 166 g/mol. The van der Waals surface area contributed by atoms with Crippen molar-refractivity contribution in [3.8, 4) is 0 Å². The molecule has 0 radical (unpaired) electrons. The minimum Gasteiger partial charge on any atom is -0.398 e. The molecule has 11 heavy (non-hydrogen) atoms. The van der Waals surface area contributed by atoms with E-state index in [2.05, 4.69) is 4.98 Å². The van der Waals surface area contributed by atoms with E-state index in [0.29, 0.717) is 23.4 Å². The van der Waals surface area contributed by atoms with Crippen LogP contribution in [0.2, 0.25) is 0 Å². The average Bonchev–Trinajstić information content (AvgIpc) is 1.88. The second-order valence-electron chi connectivity index (χ2n) is 1.86. The van der Waals surface area contributed by atoms with Crippen LogP contribution in [0, 0.1) is 0 Å². The Morgan fingerprint density at radius 3 is 2.55 bits per heavy atom. The number of hydrogen-bond acceptors (Lipinski definition) is 4. The van der Waals surface area contributed by atoms with E-state index in [9.17, 15) is 4.79 Å². The second kappa shape index (κ2) is 3.78. The van der Waals surface area contributed by atoms with Crippen molar-refractivity contribution in [1.29, 1.82) is 0 Å². The van der Waals surface area contributed by atoms with Crippen LogP contribution < -0.4 is 11.5 Å². The number of carbonyl (C=O) groups is 1. The highest BCUT2D eigenvalue weighted by molar-refractivity contribution is 5.85. The molecule has 1 heterocycles. The van der Waals surface area contributed by atoms with E-state index in [1.54, 1.807) is 0 Å². The number of halogens is 1. The topological polar surface area (TPSA) is 82.0 Å². The standard InChI is InChI=1S/C6H7N3O.ClH/c7-5-1-6(8)9-2-4(5)3-10;/h1-3H,(H4,7,8,9);1H. The third-order valence-corrected chi connectivity index (χ3v) is 1.12. The quantitative estimate of drug-likeness (QED) is 0.606. The molecule has 1 aromatic rings. The maximum atomic E-state index is 10.2. The Morgan fingerprint density at radius 1 is 1.45 bits per heavy atom. The van der Waals surface area contributed by atoms with Crippen LogP contribution in [0.4, 0.5) is 11.5 Å². The first kappa shape index (κ1) is 9.71. The van der Waals surface area contributed by atoms with Crippen molar-refractivity contribution >= 4 is 30.2 Å². The van der Waals surface area contributed by atoms with Crippen LogP contribution in [0.15, 0.2) is 12.3 Å². The molecule has 0 aliphatic rings. The van der Waals surface area contributed by atoms with Crippen molar-refractivity contribution in [3.05, 3.63) is 17.8 Å². The smallest absolute Gasteiger partial charge is 0.153 e. The van der Waals surface area contributed by atoms with Gasteiger partial charge in [-0.25, -0.2) is 4.98 Å². The molecule has 4 N–H and O–H groups in total. The van der Waals surface area contributed by atoms with Gasteiger partial charge in [0.25, 0.3) is 0 Å². The first-order chi connectivity index (χ1) is 4.74. The molecular formula is C6H8ClN3O. The van der Waals surface area contributed by atoms with Crippen molar-refractivity contribution in [1.82, 2.24) is 4.98 Å². The van der Waals surface area contributed by atoms with Gasteiger partial charge in [0.2, 0.25) is 0 Å². The molecule has 1 rings (SSSR count). The minimum atomic E-state index is 0. The van der Waals surface area contributed by atoms with E-state index in [4.69, 9.17) is 11.5 Å². The van der Waals surface area contributed by atoms with Gasteiger partial charge in [0.05, 0.1) is 5.56 Å². The molecule has 0 unspecified atom stereocenters. The van der Waals surface area contributed by atoms with Crippen molar-refractivity contribution in [3.63, 3.8) is 0 Å². The summed E-state index contributed by atoms with van der Waals surface area (Å²) in [6.45, 7) is 0. The lowest BCUT2D eigenvalue weighted by Gasteiger charge is -1.96. The molecule has 0 saturated heterocycles. The predicted molar refractivity (Wildman–Crippen MR) is 45.7 cm³/mol. The fourth-order valence-electron chi connectivity index (χ4n) is 0.597. The highest BCUT2D eigenvalue weighted by Crippen LogP contribution is 2.09. The van der Waals surface area contributed by atoms with Crippen LogP contribution in [0.25, 0.3) is 0 Å². The second-order valence-corrected chi connectivity index (χ2v) is 1.86. The summed E-state index contributed by atoms with van der Waals surface area (Å²) < 4.78 is 0. The van der Waals surface area contributed by atoms with Crippen molar-refractivity contribution in [2.24, 2.45) is 0 Å². The largest absolute Gasteiger partial charge is 0.398 e. The molecule has 0 bridgehead atoms. The van der Waals surface area contributed by atoms with E-state index >= 15 is 0 Å². The van der Waals surface area contributed by atoms with Crippen molar-refractivity contribution in [2.75, 3.05) is 11.5 Å². The van der Waals surface area contributed by atoms with Crippen molar-refractivity contribution in [2.45, 2.75) is 0 Å². The number of aromatic nitrogens is 1. The average molecular weight is 174 g/mol. The van der Waals surface area contributed by atoms with E-state index < -0.39 is 0 Å². The van der Waals surface area contributed by atoms with Crippen LogP contribution in [0.1, 0.15) is 10.4 Å². The Morgan fingerprint density at radius 2 is 2.09 bits per heavy atom. The van der Waals surface area contributed by atoms with Crippen molar-refractivity contribution < 1.29 is 4.79 Å². The third-order valence-electron chi connectivity index (χ3n) is 1.12. The summed E-state index contributed by atoms with van der Waals surface area (Å²) >= 11 is 0. The Kier molecular flexibility index (Phi) is 3.33. The Bertz CT molecular complexity index is 264. The van der Waals surface area contributed by atoms with Crippen LogP contribution >= 0.6 is 12.4 Å². The third kappa shape index (κ3) is 2.09. The van der Waals surface area contributed by atoms with Gasteiger partial charge in [-0.3, -0.25) is 4.79 Å².